The molecule has 1 aliphatic heterocycles. The van der Waals surface area contributed by atoms with Crippen LogP contribution in [0.2, 0.25) is 0 Å². The molecule has 2 aliphatic rings. The molecule has 0 radical (unpaired) electrons. The van der Waals surface area contributed by atoms with Crippen LogP contribution in [0, 0.1) is 0 Å². The summed E-state index contributed by atoms with van der Waals surface area (Å²) < 4.78 is 0. The molecular weight excluding hydrogens is 436 g/mol. The number of Topliss-reactive ketones (excluding diaryl/α,β-unsaturated/α-hetero) is 3. The van der Waals surface area contributed by atoms with Crippen LogP contribution in [-0.2, 0) is 19.5 Å². The third-order valence-electron chi connectivity index (χ3n) is 5.87. The van der Waals surface area contributed by atoms with E-state index in [-0.39, 0.29) is 28.1 Å². The molecule has 0 unspecified atom stereocenters. The van der Waals surface area contributed by atoms with E-state index in [0.717, 1.165) is 22.3 Å². The van der Waals surface area contributed by atoms with Crippen molar-refractivity contribution in [2.75, 3.05) is 0 Å². The summed E-state index contributed by atoms with van der Waals surface area (Å²) in [7, 11) is 0. The summed E-state index contributed by atoms with van der Waals surface area (Å²) in [6, 6.07) is 19.8. The van der Waals surface area contributed by atoms with Gasteiger partial charge in [0.1, 0.15) is 10.7 Å². The average molecular weight is 455 g/mol. The van der Waals surface area contributed by atoms with Crippen molar-refractivity contribution in [3.8, 4) is 0 Å². The summed E-state index contributed by atoms with van der Waals surface area (Å²) >= 11 is 6.20. The van der Waals surface area contributed by atoms with Gasteiger partial charge in [0.25, 0.3) is 0 Å². The first-order valence-corrected chi connectivity index (χ1v) is 10.9. The zero-order valence-electron chi connectivity index (χ0n) is 17.6. The third-order valence-corrected chi connectivity index (χ3v) is 6.23. The van der Waals surface area contributed by atoms with Gasteiger partial charge in [-0.3, -0.25) is 19.4 Å². The molecule has 0 amide bonds. The van der Waals surface area contributed by atoms with Crippen LogP contribution in [0.1, 0.15) is 53.3 Å². The maximum absolute atomic E-state index is 12.8. The monoisotopic (exact) mass is 454 g/mol. The number of ketones is 3. The van der Waals surface area contributed by atoms with Crippen molar-refractivity contribution in [2.45, 2.75) is 19.5 Å². The molecular formula is C27H19ClN2O3. The van der Waals surface area contributed by atoms with E-state index in [0.29, 0.717) is 36.2 Å². The molecule has 0 spiro atoms. The largest absolute Gasteiger partial charge is 0.376 e. The second-order valence-electron chi connectivity index (χ2n) is 8.05. The minimum atomic E-state index is -0.367. The Morgan fingerprint density at radius 2 is 1.61 bits per heavy atom. The van der Waals surface area contributed by atoms with Gasteiger partial charge in [0.05, 0.1) is 6.54 Å². The zero-order valence-corrected chi connectivity index (χ0v) is 18.4. The third kappa shape index (κ3) is 4.03. The summed E-state index contributed by atoms with van der Waals surface area (Å²) in [5.41, 5.74) is 5.46. The molecule has 0 bridgehead atoms. The average Bonchev–Trinajstić information content (AvgIpc) is 3.31. The maximum atomic E-state index is 12.8. The summed E-state index contributed by atoms with van der Waals surface area (Å²) in [5, 5.41) is 2.90. The van der Waals surface area contributed by atoms with E-state index < -0.39 is 0 Å². The number of benzene rings is 3. The smallest absolute Gasteiger partial charge is 0.211 e. The minimum Gasteiger partial charge on any atom is -0.376 e. The molecule has 1 aliphatic carbocycles. The first kappa shape index (κ1) is 21.0. The lowest BCUT2D eigenvalue weighted by atomic mass is 9.92. The van der Waals surface area contributed by atoms with E-state index in [2.05, 4.69) is 10.3 Å². The van der Waals surface area contributed by atoms with Gasteiger partial charge < -0.3 is 5.32 Å². The fourth-order valence-corrected chi connectivity index (χ4v) is 4.32. The number of rotatable bonds is 6. The Morgan fingerprint density at radius 3 is 2.36 bits per heavy atom. The van der Waals surface area contributed by atoms with Gasteiger partial charge in [0, 0.05) is 35.9 Å². The molecule has 0 saturated carbocycles. The number of nitrogens with one attached hydrogen (secondary N) is 1. The van der Waals surface area contributed by atoms with Crippen LogP contribution in [0.4, 0.5) is 0 Å². The molecule has 1 heterocycles. The number of nitrogens with zero attached hydrogens (tertiary/aromatic N) is 1. The van der Waals surface area contributed by atoms with E-state index in [4.69, 9.17) is 11.6 Å². The summed E-state index contributed by atoms with van der Waals surface area (Å²) in [6.45, 7) is 0.964. The minimum absolute atomic E-state index is 0.0313. The second kappa shape index (κ2) is 8.60. The van der Waals surface area contributed by atoms with E-state index >= 15 is 0 Å². The predicted molar refractivity (Wildman–Crippen MR) is 127 cm³/mol. The van der Waals surface area contributed by atoms with Crippen molar-refractivity contribution in [3.05, 3.63) is 116 Å². The maximum Gasteiger partial charge on any atom is 0.211 e. The molecule has 0 saturated heterocycles. The quantitative estimate of drug-likeness (QED) is 0.549. The molecule has 6 heteroatoms. The number of aliphatic imine (C=N–C) groups is 1. The van der Waals surface area contributed by atoms with Crippen molar-refractivity contribution >= 4 is 35.2 Å². The first-order valence-electron chi connectivity index (χ1n) is 10.6. The molecule has 33 heavy (non-hydrogen) atoms. The van der Waals surface area contributed by atoms with E-state index in [9.17, 15) is 14.4 Å². The second-order valence-corrected chi connectivity index (χ2v) is 8.42. The van der Waals surface area contributed by atoms with Crippen LogP contribution in [-0.4, -0.2) is 23.6 Å². The predicted octanol–water partition coefficient (Wildman–Crippen LogP) is 4.66. The normalized spacial score (nSPS) is 14.3. The van der Waals surface area contributed by atoms with Gasteiger partial charge in [-0.15, -0.1) is 0 Å². The van der Waals surface area contributed by atoms with Crippen molar-refractivity contribution in [1.82, 2.24) is 5.32 Å². The number of fused-ring (bicyclic) bond motifs is 2. The topological polar surface area (TPSA) is 75.6 Å². The van der Waals surface area contributed by atoms with E-state index in [1.807, 2.05) is 36.5 Å². The van der Waals surface area contributed by atoms with E-state index in [1.165, 1.54) is 0 Å². The Balaban J connectivity index is 1.25. The van der Waals surface area contributed by atoms with Crippen LogP contribution in [0.15, 0.2) is 82.5 Å². The highest BCUT2D eigenvalue weighted by Gasteiger charge is 2.30. The Morgan fingerprint density at radius 1 is 0.909 bits per heavy atom. The fraction of sp³-hybridized carbons (Fsp3) is 0.111. The van der Waals surface area contributed by atoms with E-state index in [1.54, 1.807) is 36.4 Å². The molecule has 3 aromatic carbocycles. The highest BCUT2D eigenvalue weighted by Crippen LogP contribution is 2.27. The molecule has 3 aromatic rings. The standard InChI is InChI=1S/C27H19ClN2O3/c28-24-25(27(33)22-4-2-1-3-21(22)26(24)32)30-13-16-5-8-18(9-6-16)23(31)12-17-7-10-19-14-29-15-20(19)11-17/h1-11,14,30H,12-13,15H2. The lowest BCUT2D eigenvalue weighted by molar-refractivity contribution is 0.0974. The van der Waals surface area contributed by atoms with Gasteiger partial charge in [0.15, 0.2) is 5.78 Å². The Hall–Kier alpha value is -3.83. The van der Waals surface area contributed by atoms with Gasteiger partial charge in [-0.05, 0) is 22.3 Å². The van der Waals surface area contributed by atoms with Gasteiger partial charge in [-0.1, -0.05) is 78.3 Å². The first-order chi connectivity index (χ1) is 16.0. The molecule has 1 N–H and O–H groups in total. The van der Waals surface area contributed by atoms with Crippen LogP contribution in [0.25, 0.3) is 0 Å². The highest BCUT2D eigenvalue weighted by molar-refractivity contribution is 6.49. The molecule has 5 nitrogen and oxygen atoms in total. The van der Waals surface area contributed by atoms with Crippen molar-refractivity contribution in [1.29, 1.82) is 0 Å². The highest BCUT2D eigenvalue weighted by atomic mass is 35.5. The summed E-state index contributed by atoms with van der Waals surface area (Å²) in [5.74, 6) is -0.640. The van der Waals surface area contributed by atoms with Crippen LogP contribution in [0.5, 0.6) is 0 Å². The number of hydrogen-bond donors (Lipinski definition) is 1. The Kier molecular flexibility index (Phi) is 5.48. The zero-order chi connectivity index (χ0) is 22.9. The van der Waals surface area contributed by atoms with Crippen LogP contribution in [0.3, 0.4) is 0 Å². The Labute approximate surface area is 195 Å². The number of carbonyl (C=O) groups is 3. The molecule has 162 valence electrons. The van der Waals surface area contributed by atoms with Crippen molar-refractivity contribution in [3.63, 3.8) is 0 Å². The molecule has 0 aromatic heterocycles. The van der Waals surface area contributed by atoms with Gasteiger partial charge in [-0.25, -0.2) is 0 Å². The van der Waals surface area contributed by atoms with Crippen molar-refractivity contribution < 1.29 is 14.4 Å². The van der Waals surface area contributed by atoms with Gasteiger partial charge in [0.2, 0.25) is 11.6 Å². The lowest BCUT2D eigenvalue weighted by Gasteiger charge is -2.19. The van der Waals surface area contributed by atoms with Crippen molar-refractivity contribution in [2.24, 2.45) is 4.99 Å². The van der Waals surface area contributed by atoms with Crippen LogP contribution >= 0.6 is 11.6 Å². The Bertz CT molecular complexity index is 1370. The summed E-state index contributed by atoms with van der Waals surface area (Å²) in [4.78, 5) is 42.2. The SMILES string of the molecule is O=C(Cc1ccc2c(c1)CN=C2)c1ccc(CNC2=C(Cl)C(=O)c3ccccc3C2=O)cc1. The number of halogens is 1. The van der Waals surface area contributed by atoms with Gasteiger partial charge >= 0.3 is 0 Å². The number of hydrogen-bond acceptors (Lipinski definition) is 5. The lowest BCUT2D eigenvalue weighted by Crippen LogP contribution is -2.28. The summed E-state index contributed by atoms with van der Waals surface area (Å²) in [6.07, 6.45) is 2.18. The molecule has 5 rings (SSSR count). The number of carbonyl (C=O) groups excluding carboxylic acids is 3. The molecule has 0 atom stereocenters. The fourth-order valence-electron chi connectivity index (χ4n) is 4.06. The van der Waals surface area contributed by atoms with Crippen LogP contribution < -0.4 is 5.32 Å². The molecule has 0 fully saturated rings. The number of allylic oxidation sites excluding steroid dienone is 2. The van der Waals surface area contributed by atoms with Gasteiger partial charge in [-0.2, -0.15) is 0 Å².